The quantitative estimate of drug-likeness (QED) is 0.235. The zero-order valence-corrected chi connectivity index (χ0v) is 22.2. The third kappa shape index (κ3) is 12.2. The SMILES string of the molecule is COCCOCCOCCOc1ccc(-c2cc(C)ccc2C)cc1OCCOCCOCCOC. The fraction of sp³-hybridized carbons (Fsp3) is 0.571. The molecule has 0 aromatic heterocycles. The van der Waals surface area contributed by atoms with Crippen molar-refractivity contribution in [2.45, 2.75) is 13.8 Å². The Bertz CT molecular complexity index is 842. The van der Waals surface area contributed by atoms with Crippen LogP contribution in [0.3, 0.4) is 0 Å². The van der Waals surface area contributed by atoms with Crippen LogP contribution in [0.15, 0.2) is 36.4 Å². The number of aryl methyl sites for hydroxylation is 2. The van der Waals surface area contributed by atoms with E-state index in [2.05, 4.69) is 38.1 Å². The first-order valence-corrected chi connectivity index (χ1v) is 12.4. The molecular formula is C28H42O8. The first-order chi connectivity index (χ1) is 17.7. The second-order valence-corrected chi connectivity index (χ2v) is 8.11. The molecule has 2 aromatic carbocycles. The monoisotopic (exact) mass is 506 g/mol. The summed E-state index contributed by atoms with van der Waals surface area (Å²) in [5.41, 5.74) is 4.67. The van der Waals surface area contributed by atoms with E-state index in [1.165, 1.54) is 16.7 Å². The van der Waals surface area contributed by atoms with Gasteiger partial charge in [-0.3, -0.25) is 0 Å². The lowest BCUT2D eigenvalue weighted by Crippen LogP contribution is -2.14. The molecule has 2 aromatic rings. The van der Waals surface area contributed by atoms with Crippen molar-refractivity contribution in [2.75, 3.05) is 93.5 Å². The van der Waals surface area contributed by atoms with Gasteiger partial charge in [0.2, 0.25) is 0 Å². The first kappa shape index (κ1) is 30.0. The molecule has 0 aliphatic carbocycles. The number of ether oxygens (including phenoxy) is 8. The van der Waals surface area contributed by atoms with E-state index in [0.29, 0.717) is 90.8 Å². The zero-order chi connectivity index (χ0) is 25.8. The van der Waals surface area contributed by atoms with Gasteiger partial charge in [0.1, 0.15) is 13.2 Å². The average Bonchev–Trinajstić information content (AvgIpc) is 2.88. The fourth-order valence-corrected chi connectivity index (χ4v) is 3.30. The Hall–Kier alpha value is -2.20. The molecule has 0 spiro atoms. The Morgan fingerprint density at radius 3 is 1.56 bits per heavy atom. The molecule has 0 aliphatic heterocycles. The van der Waals surface area contributed by atoms with Crippen molar-refractivity contribution in [1.29, 1.82) is 0 Å². The topological polar surface area (TPSA) is 73.8 Å². The zero-order valence-electron chi connectivity index (χ0n) is 22.2. The Morgan fingerprint density at radius 1 is 0.500 bits per heavy atom. The minimum absolute atomic E-state index is 0.403. The van der Waals surface area contributed by atoms with E-state index >= 15 is 0 Å². The van der Waals surface area contributed by atoms with Crippen LogP contribution in [0, 0.1) is 13.8 Å². The second-order valence-electron chi connectivity index (χ2n) is 8.11. The van der Waals surface area contributed by atoms with Crippen LogP contribution in [0.4, 0.5) is 0 Å². The number of methoxy groups -OCH3 is 2. The van der Waals surface area contributed by atoms with Gasteiger partial charge in [0, 0.05) is 14.2 Å². The van der Waals surface area contributed by atoms with Gasteiger partial charge >= 0.3 is 0 Å². The van der Waals surface area contributed by atoms with Gasteiger partial charge in [0.15, 0.2) is 11.5 Å². The standard InChI is InChI=1S/C28H42O8/c1-23-5-6-24(2)26(21-23)25-7-8-27(35-19-17-33-15-13-31-11-9-29-3)28(22-25)36-20-18-34-16-14-32-12-10-30-4/h5-8,21-22H,9-20H2,1-4H3. The molecule has 2 rings (SSSR count). The molecule has 0 N–H and O–H groups in total. The molecule has 0 amide bonds. The predicted molar refractivity (Wildman–Crippen MR) is 139 cm³/mol. The van der Waals surface area contributed by atoms with Crippen LogP contribution in [-0.2, 0) is 28.4 Å². The van der Waals surface area contributed by atoms with E-state index in [9.17, 15) is 0 Å². The van der Waals surface area contributed by atoms with Gasteiger partial charge in [-0.2, -0.15) is 0 Å². The van der Waals surface area contributed by atoms with Crippen LogP contribution in [-0.4, -0.2) is 93.5 Å². The maximum absolute atomic E-state index is 6.06. The lowest BCUT2D eigenvalue weighted by molar-refractivity contribution is 0.0160. The average molecular weight is 507 g/mol. The Kier molecular flexibility index (Phi) is 15.8. The minimum Gasteiger partial charge on any atom is -0.487 e. The minimum atomic E-state index is 0.403. The number of benzene rings is 2. The number of hydrogen-bond acceptors (Lipinski definition) is 8. The van der Waals surface area contributed by atoms with Crippen LogP contribution < -0.4 is 9.47 Å². The van der Waals surface area contributed by atoms with Gasteiger partial charge in [-0.15, -0.1) is 0 Å². The van der Waals surface area contributed by atoms with E-state index in [1.54, 1.807) is 14.2 Å². The van der Waals surface area contributed by atoms with Crippen LogP contribution in [0.5, 0.6) is 11.5 Å². The van der Waals surface area contributed by atoms with Crippen molar-refractivity contribution in [1.82, 2.24) is 0 Å². The molecule has 0 heterocycles. The van der Waals surface area contributed by atoms with E-state index in [-0.39, 0.29) is 0 Å². The molecule has 36 heavy (non-hydrogen) atoms. The van der Waals surface area contributed by atoms with E-state index < -0.39 is 0 Å². The fourth-order valence-electron chi connectivity index (χ4n) is 3.30. The van der Waals surface area contributed by atoms with Gasteiger partial charge in [-0.1, -0.05) is 29.8 Å². The Balaban J connectivity index is 1.87. The normalized spacial score (nSPS) is 11.1. The summed E-state index contributed by atoms with van der Waals surface area (Å²) in [7, 11) is 3.30. The lowest BCUT2D eigenvalue weighted by atomic mass is 9.98. The molecule has 0 saturated carbocycles. The highest BCUT2D eigenvalue weighted by atomic mass is 16.6. The van der Waals surface area contributed by atoms with Crippen LogP contribution in [0.25, 0.3) is 11.1 Å². The maximum atomic E-state index is 6.06. The first-order valence-electron chi connectivity index (χ1n) is 12.4. The number of rotatable bonds is 21. The van der Waals surface area contributed by atoms with Crippen LogP contribution in [0.2, 0.25) is 0 Å². The number of hydrogen-bond donors (Lipinski definition) is 0. The summed E-state index contributed by atoms with van der Waals surface area (Å²) in [5, 5.41) is 0. The van der Waals surface area contributed by atoms with Crippen molar-refractivity contribution < 1.29 is 37.9 Å². The molecule has 0 aliphatic rings. The molecule has 0 atom stereocenters. The van der Waals surface area contributed by atoms with Crippen LogP contribution in [0.1, 0.15) is 11.1 Å². The Labute approximate surface area is 215 Å². The highest BCUT2D eigenvalue weighted by Gasteiger charge is 2.10. The molecule has 8 nitrogen and oxygen atoms in total. The summed E-state index contributed by atoms with van der Waals surface area (Å²) < 4.78 is 43.9. The lowest BCUT2D eigenvalue weighted by Gasteiger charge is -2.16. The van der Waals surface area contributed by atoms with Gasteiger partial charge < -0.3 is 37.9 Å². The summed E-state index contributed by atoms with van der Waals surface area (Å²) in [6, 6.07) is 12.5. The van der Waals surface area contributed by atoms with Crippen molar-refractivity contribution in [3.8, 4) is 22.6 Å². The maximum Gasteiger partial charge on any atom is 0.161 e. The summed E-state index contributed by atoms with van der Waals surface area (Å²) in [5.74, 6) is 1.35. The third-order valence-corrected chi connectivity index (χ3v) is 5.23. The molecule has 0 radical (unpaired) electrons. The van der Waals surface area contributed by atoms with Crippen molar-refractivity contribution >= 4 is 0 Å². The van der Waals surface area contributed by atoms with Crippen LogP contribution >= 0.6 is 0 Å². The molecule has 0 bridgehead atoms. The summed E-state index contributed by atoms with van der Waals surface area (Å²) >= 11 is 0. The summed E-state index contributed by atoms with van der Waals surface area (Å²) in [6.45, 7) is 10.3. The molecule has 0 saturated heterocycles. The van der Waals surface area contributed by atoms with E-state index in [0.717, 1.165) is 5.56 Å². The van der Waals surface area contributed by atoms with E-state index in [1.807, 2.05) is 12.1 Å². The molecular weight excluding hydrogens is 464 g/mol. The van der Waals surface area contributed by atoms with Crippen molar-refractivity contribution in [2.24, 2.45) is 0 Å². The summed E-state index contributed by atoms with van der Waals surface area (Å²) in [4.78, 5) is 0. The smallest absolute Gasteiger partial charge is 0.161 e. The van der Waals surface area contributed by atoms with Gasteiger partial charge in [-0.25, -0.2) is 0 Å². The highest BCUT2D eigenvalue weighted by Crippen LogP contribution is 2.34. The molecule has 0 fully saturated rings. The van der Waals surface area contributed by atoms with E-state index in [4.69, 9.17) is 37.9 Å². The van der Waals surface area contributed by atoms with Gasteiger partial charge in [0.05, 0.1) is 66.1 Å². The van der Waals surface area contributed by atoms with Crippen molar-refractivity contribution in [3.05, 3.63) is 47.5 Å². The largest absolute Gasteiger partial charge is 0.487 e. The van der Waals surface area contributed by atoms with Gasteiger partial charge in [-0.05, 0) is 42.7 Å². The molecule has 202 valence electrons. The molecule has 0 unspecified atom stereocenters. The summed E-state index contributed by atoms with van der Waals surface area (Å²) in [6.07, 6.45) is 0. The predicted octanol–water partition coefficient (Wildman–Crippen LogP) is 4.09. The third-order valence-electron chi connectivity index (χ3n) is 5.23. The van der Waals surface area contributed by atoms with Crippen molar-refractivity contribution in [3.63, 3.8) is 0 Å². The second kappa shape index (κ2) is 19.0. The Morgan fingerprint density at radius 2 is 1.00 bits per heavy atom. The highest BCUT2D eigenvalue weighted by molar-refractivity contribution is 5.70. The van der Waals surface area contributed by atoms with Gasteiger partial charge in [0.25, 0.3) is 0 Å². The molecule has 8 heteroatoms.